The summed E-state index contributed by atoms with van der Waals surface area (Å²) in [6, 6.07) is 0. The first kappa shape index (κ1) is 12.5. The van der Waals surface area contributed by atoms with E-state index < -0.39 is 5.54 Å². The first-order valence-corrected chi connectivity index (χ1v) is 5.40. The third-order valence-corrected chi connectivity index (χ3v) is 3.32. The van der Waals surface area contributed by atoms with Gasteiger partial charge in [0.2, 0.25) is 5.91 Å². The van der Waals surface area contributed by atoms with Gasteiger partial charge in [0.1, 0.15) is 0 Å². The summed E-state index contributed by atoms with van der Waals surface area (Å²) >= 11 is 0. The lowest BCUT2D eigenvalue weighted by molar-refractivity contribution is -0.141. The molecule has 2 unspecified atom stereocenters. The molecule has 0 bridgehead atoms. The number of aliphatic hydroxyl groups excluding tert-OH is 1. The zero-order valence-corrected chi connectivity index (χ0v) is 9.99. The summed E-state index contributed by atoms with van der Waals surface area (Å²) in [7, 11) is 1.74. The maximum atomic E-state index is 12.1. The van der Waals surface area contributed by atoms with Crippen LogP contribution in [0.5, 0.6) is 0 Å². The van der Waals surface area contributed by atoms with Crippen molar-refractivity contribution in [2.75, 3.05) is 20.3 Å². The molecule has 0 spiro atoms. The lowest BCUT2D eigenvalue weighted by Gasteiger charge is -2.36. The molecule has 1 heterocycles. The smallest absolute Gasteiger partial charge is 0.228 e. The molecular formula is C11H21NO3. The van der Waals surface area contributed by atoms with Gasteiger partial charge in [-0.1, -0.05) is 0 Å². The van der Waals surface area contributed by atoms with Crippen LogP contribution in [0.1, 0.15) is 27.2 Å². The average molecular weight is 215 g/mol. The summed E-state index contributed by atoms with van der Waals surface area (Å²) < 4.78 is 5.37. The van der Waals surface area contributed by atoms with Gasteiger partial charge >= 0.3 is 0 Å². The van der Waals surface area contributed by atoms with Gasteiger partial charge in [0.15, 0.2) is 0 Å². The van der Waals surface area contributed by atoms with Gasteiger partial charge in [-0.3, -0.25) is 4.79 Å². The van der Waals surface area contributed by atoms with E-state index in [1.165, 1.54) is 0 Å². The van der Waals surface area contributed by atoms with Gasteiger partial charge in [0.05, 0.1) is 24.2 Å². The van der Waals surface area contributed by atoms with Crippen molar-refractivity contribution in [1.29, 1.82) is 0 Å². The SMILES string of the molecule is CC1OCCC1C(=O)N(C)C(C)(C)CO. The third-order valence-electron chi connectivity index (χ3n) is 3.32. The highest BCUT2D eigenvalue weighted by molar-refractivity contribution is 5.80. The summed E-state index contributed by atoms with van der Waals surface area (Å²) in [6.07, 6.45) is 0.778. The maximum Gasteiger partial charge on any atom is 0.228 e. The second-order valence-corrected chi connectivity index (χ2v) is 4.84. The molecule has 1 saturated heterocycles. The van der Waals surface area contributed by atoms with Crippen molar-refractivity contribution in [3.05, 3.63) is 0 Å². The van der Waals surface area contributed by atoms with Crippen molar-refractivity contribution >= 4 is 5.91 Å². The van der Waals surface area contributed by atoms with E-state index in [1.807, 2.05) is 20.8 Å². The molecule has 0 aromatic carbocycles. The van der Waals surface area contributed by atoms with E-state index in [0.717, 1.165) is 6.42 Å². The maximum absolute atomic E-state index is 12.1. The molecule has 1 aliphatic rings. The van der Waals surface area contributed by atoms with E-state index >= 15 is 0 Å². The minimum absolute atomic E-state index is 0.00515. The van der Waals surface area contributed by atoms with Crippen LogP contribution >= 0.6 is 0 Å². The zero-order chi connectivity index (χ0) is 11.6. The number of aliphatic hydroxyl groups is 1. The molecule has 1 N–H and O–H groups in total. The highest BCUT2D eigenvalue weighted by atomic mass is 16.5. The van der Waals surface area contributed by atoms with Crippen LogP contribution in [0.3, 0.4) is 0 Å². The quantitative estimate of drug-likeness (QED) is 0.751. The molecule has 15 heavy (non-hydrogen) atoms. The molecule has 1 amide bonds. The molecule has 1 rings (SSSR count). The Labute approximate surface area is 91.2 Å². The number of ether oxygens (including phenoxy) is 1. The molecule has 2 atom stereocenters. The summed E-state index contributed by atoms with van der Waals surface area (Å²) in [5.74, 6) is 0.0138. The molecule has 0 radical (unpaired) electrons. The molecule has 0 aliphatic carbocycles. The predicted molar refractivity (Wildman–Crippen MR) is 57.5 cm³/mol. The van der Waals surface area contributed by atoms with E-state index in [1.54, 1.807) is 11.9 Å². The van der Waals surface area contributed by atoms with Crippen molar-refractivity contribution < 1.29 is 14.6 Å². The van der Waals surface area contributed by atoms with Crippen LogP contribution in [0, 0.1) is 5.92 Å². The Morgan fingerprint density at radius 3 is 2.60 bits per heavy atom. The van der Waals surface area contributed by atoms with Crippen LogP contribution in [0.2, 0.25) is 0 Å². The number of carbonyl (C=O) groups is 1. The molecule has 0 aromatic rings. The summed E-state index contributed by atoms with van der Waals surface area (Å²) in [5, 5.41) is 9.20. The van der Waals surface area contributed by atoms with Crippen LogP contribution in [0.15, 0.2) is 0 Å². The van der Waals surface area contributed by atoms with E-state index in [2.05, 4.69) is 0 Å². The normalized spacial score (nSPS) is 26.7. The topological polar surface area (TPSA) is 49.8 Å². The first-order chi connectivity index (χ1) is 6.90. The van der Waals surface area contributed by atoms with E-state index in [0.29, 0.717) is 6.61 Å². The second kappa shape index (κ2) is 4.49. The number of nitrogens with zero attached hydrogens (tertiary/aromatic N) is 1. The third kappa shape index (κ3) is 2.49. The Kier molecular flexibility index (Phi) is 3.73. The minimum atomic E-state index is -0.501. The van der Waals surface area contributed by atoms with Crippen molar-refractivity contribution in [3.8, 4) is 0 Å². The van der Waals surface area contributed by atoms with Crippen molar-refractivity contribution in [1.82, 2.24) is 4.90 Å². The van der Waals surface area contributed by atoms with Crippen molar-refractivity contribution in [2.24, 2.45) is 5.92 Å². The van der Waals surface area contributed by atoms with Crippen LogP contribution in [-0.4, -0.2) is 47.8 Å². The summed E-state index contributed by atoms with van der Waals surface area (Å²) in [5.41, 5.74) is -0.501. The van der Waals surface area contributed by atoms with E-state index in [-0.39, 0.29) is 24.5 Å². The number of amides is 1. The number of carbonyl (C=O) groups excluding carboxylic acids is 1. The fourth-order valence-electron chi connectivity index (χ4n) is 1.71. The number of likely N-dealkylation sites (N-methyl/N-ethyl adjacent to an activating group) is 1. The Morgan fingerprint density at radius 1 is 1.60 bits per heavy atom. The average Bonchev–Trinajstić information content (AvgIpc) is 2.62. The fraction of sp³-hybridized carbons (Fsp3) is 0.909. The Morgan fingerprint density at radius 2 is 2.20 bits per heavy atom. The van der Waals surface area contributed by atoms with Crippen molar-refractivity contribution in [3.63, 3.8) is 0 Å². The monoisotopic (exact) mass is 215 g/mol. The number of rotatable bonds is 3. The van der Waals surface area contributed by atoms with Gasteiger partial charge in [0, 0.05) is 13.7 Å². The molecule has 4 nitrogen and oxygen atoms in total. The van der Waals surface area contributed by atoms with Gasteiger partial charge in [-0.25, -0.2) is 0 Å². The van der Waals surface area contributed by atoms with E-state index in [9.17, 15) is 9.90 Å². The van der Waals surface area contributed by atoms with Gasteiger partial charge in [-0.05, 0) is 27.2 Å². The first-order valence-electron chi connectivity index (χ1n) is 5.40. The molecule has 1 fully saturated rings. The Bertz CT molecular complexity index is 240. The predicted octanol–water partition coefficient (Wildman–Crippen LogP) is 0.641. The number of hydrogen-bond acceptors (Lipinski definition) is 3. The van der Waals surface area contributed by atoms with Gasteiger partial charge in [0.25, 0.3) is 0 Å². The van der Waals surface area contributed by atoms with Crippen LogP contribution in [-0.2, 0) is 9.53 Å². The van der Waals surface area contributed by atoms with Gasteiger partial charge < -0.3 is 14.7 Å². The summed E-state index contributed by atoms with van der Waals surface area (Å²) in [6.45, 7) is 6.26. The van der Waals surface area contributed by atoms with Crippen LogP contribution in [0.4, 0.5) is 0 Å². The van der Waals surface area contributed by atoms with Crippen molar-refractivity contribution in [2.45, 2.75) is 38.8 Å². The number of hydrogen-bond donors (Lipinski definition) is 1. The molecule has 0 saturated carbocycles. The highest BCUT2D eigenvalue weighted by Crippen LogP contribution is 2.25. The van der Waals surface area contributed by atoms with Crippen LogP contribution in [0.25, 0.3) is 0 Å². The Balaban J connectivity index is 2.67. The minimum Gasteiger partial charge on any atom is -0.394 e. The fourth-order valence-corrected chi connectivity index (χ4v) is 1.71. The van der Waals surface area contributed by atoms with Gasteiger partial charge in [-0.2, -0.15) is 0 Å². The molecular weight excluding hydrogens is 194 g/mol. The highest BCUT2D eigenvalue weighted by Gasteiger charge is 2.37. The lowest BCUT2D eigenvalue weighted by Crippen LogP contribution is -2.50. The zero-order valence-electron chi connectivity index (χ0n) is 9.99. The molecule has 0 aromatic heterocycles. The summed E-state index contributed by atoms with van der Waals surface area (Å²) in [4.78, 5) is 13.7. The molecule has 1 aliphatic heterocycles. The van der Waals surface area contributed by atoms with E-state index in [4.69, 9.17) is 4.74 Å². The largest absolute Gasteiger partial charge is 0.394 e. The van der Waals surface area contributed by atoms with Crippen LogP contribution < -0.4 is 0 Å². The molecule has 88 valence electrons. The molecule has 4 heteroatoms. The van der Waals surface area contributed by atoms with Gasteiger partial charge in [-0.15, -0.1) is 0 Å². The standard InChI is InChI=1S/C11H21NO3/c1-8-9(5-6-15-8)10(14)12(4)11(2,3)7-13/h8-9,13H,5-7H2,1-4H3. The second-order valence-electron chi connectivity index (χ2n) is 4.84. The lowest BCUT2D eigenvalue weighted by atomic mass is 9.97. The Hall–Kier alpha value is -0.610.